The first-order valence-corrected chi connectivity index (χ1v) is 9.22. The van der Waals surface area contributed by atoms with Crippen LogP contribution in [-0.2, 0) is 5.66 Å². The van der Waals surface area contributed by atoms with Gasteiger partial charge in [0.15, 0.2) is 11.5 Å². The number of fused-ring (bicyclic) bond motifs is 4. The summed E-state index contributed by atoms with van der Waals surface area (Å²) in [5.41, 5.74) is 2.63. The van der Waals surface area contributed by atoms with Crippen LogP contribution in [0.2, 0.25) is 0 Å². The molecular weight excluding hydrogens is 324 g/mol. The maximum Gasteiger partial charge on any atom is 0.300 e. The van der Waals surface area contributed by atoms with Gasteiger partial charge in [-0.2, -0.15) is 10.1 Å². The number of rotatable bonds is 1. The Hall–Kier alpha value is -2.95. The van der Waals surface area contributed by atoms with Crippen molar-refractivity contribution in [2.75, 3.05) is 5.32 Å². The monoisotopic (exact) mass is 344 g/mol. The molecule has 1 N–H and O–H groups in total. The van der Waals surface area contributed by atoms with Crippen molar-refractivity contribution in [2.45, 2.75) is 37.8 Å². The van der Waals surface area contributed by atoms with Gasteiger partial charge in [0, 0.05) is 16.8 Å². The average molecular weight is 344 g/mol. The average Bonchev–Trinajstić information content (AvgIpc) is 2.69. The number of anilines is 1. The number of hydrogen-bond donors (Lipinski definition) is 1. The third kappa shape index (κ3) is 2.27. The number of nitrogens with one attached hydrogen (secondary N) is 1. The van der Waals surface area contributed by atoms with Crippen LogP contribution in [0.3, 0.4) is 0 Å². The Bertz CT molecular complexity index is 1020. The molecule has 0 saturated heterocycles. The third-order valence-electron chi connectivity index (χ3n) is 5.48. The smallest absolute Gasteiger partial charge is 0.300 e. The van der Waals surface area contributed by atoms with E-state index in [-0.39, 0.29) is 11.2 Å². The van der Waals surface area contributed by atoms with Crippen LogP contribution >= 0.6 is 0 Å². The fraction of sp³-hybridized carbons (Fsp3) is 0.286. The number of para-hydroxylation sites is 1. The second-order valence-corrected chi connectivity index (χ2v) is 7.13. The molecule has 1 aromatic heterocycles. The SMILES string of the molecule is O=c1nc2n(nc1-c1ccccc1)C1(CCCCC1)Nc1ccccc1-2. The van der Waals surface area contributed by atoms with Crippen LogP contribution in [0.25, 0.3) is 22.6 Å². The predicted molar refractivity (Wildman–Crippen MR) is 102 cm³/mol. The lowest BCUT2D eigenvalue weighted by molar-refractivity contribution is 0.204. The van der Waals surface area contributed by atoms with Gasteiger partial charge >= 0.3 is 0 Å². The van der Waals surface area contributed by atoms with Crippen LogP contribution < -0.4 is 10.9 Å². The van der Waals surface area contributed by atoms with Crippen molar-refractivity contribution in [2.24, 2.45) is 0 Å². The van der Waals surface area contributed by atoms with Gasteiger partial charge in [-0.1, -0.05) is 48.9 Å². The molecule has 0 amide bonds. The molecule has 1 spiro atoms. The normalized spacial score (nSPS) is 17.2. The molecule has 2 heterocycles. The van der Waals surface area contributed by atoms with Crippen molar-refractivity contribution in [3.63, 3.8) is 0 Å². The molecule has 3 aromatic rings. The lowest BCUT2D eigenvalue weighted by Crippen LogP contribution is -2.48. The maximum atomic E-state index is 12.8. The summed E-state index contributed by atoms with van der Waals surface area (Å²) in [5.74, 6) is 0.672. The van der Waals surface area contributed by atoms with Crippen LogP contribution in [0.5, 0.6) is 0 Å². The quantitative estimate of drug-likeness (QED) is 0.724. The molecule has 130 valence electrons. The highest BCUT2D eigenvalue weighted by molar-refractivity contribution is 5.76. The zero-order chi connectivity index (χ0) is 17.6. The van der Waals surface area contributed by atoms with Crippen molar-refractivity contribution >= 4 is 5.69 Å². The third-order valence-corrected chi connectivity index (χ3v) is 5.48. The van der Waals surface area contributed by atoms with E-state index in [1.807, 2.05) is 53.2 Å². The summed E-state index contributed by atoms with van der Waals surface area (Å²) in [6.45, 7) is 0. The van der Waals surface area contributed by atoms with Crippen LogP contribution in [-0.4, -0.2) is 14.8 Å². The van der Waals surface area contributed by atoms with Gasteiger partial charge < -0.3 is 5.32 Å². The maximum absolute atomic E-state index is 12.8. The number of nitrogens with zero attached hydrogens (tertiary/aromatic N) is 3. The van der Waals surface area contributed by atoms with Crippen molar-refractivity contribution in [1.29, 1.82) is 0 Å². The number of hydrogen-bond acceptors (Lipinski definition) is 4. The number of benzene rings is 2. The van der Waals surface area contributed by atoms with Crippen LogP contribution in [0, 0.1) is 0 Å². The van der Waals surface area contributed by atoms with Crippen LogP contribution in [0.1, 0.15) is 32.1 Å². The molecule has 1 aliphatic carbocycles. The highest BCUT2D eigenvalue weighted by atomic mass is 16.1. The molecule has 0 atom stereocenters. The lowest BCUT2D eigenvalue weighted by atomic mass is 9.86. The summed E-state index contributed by atoms with van der Waals surface area (Å²) in [6.07, 6.45) is 5.49. The van der Waals surface area contributed by atoms with E-state index in [0.717, 1.165) is 42.5 Å². The van der Waals surface area contributed by atoms with Gasteiger partial charge in [0.2, 0.25) is 0 Å². The van der Waals surface area contributed by atoms with Gasteiger partial charge in [0.1, 0.15) is 5.66 Å². The van der Waals surface area contributed by atoms with Crippen molar-refractivity contribution in [3.05, 3.63) is 65.0 Å². The van der Waals surface area contributed by atoms with Gasteiger partial charge in [0.05, 0.1) is 0 Å². The predicted octanol–water partition coefficient (Wildman–Crippen LogP) is 4.01. The van der Waals surface area contributed by atoms with Crippen molar-refractivity contribution in [1.82, 2.24) is 14.8 Å². The van der Waals surface area contributed by atoms with E-state index in [4.69, 9.17) is 5.10 Å². The first-order valence-electron chi connectivity index (χ1n) is 9.22. The van der Waals surface area contributed by atoms with E-state index < -0.39 is 0 Å². The summed E-state index contributed by atoms with van der Waals surface area (Å²) >= 11 is 0. The molecule has 5 heteroatoms. The second kappa shape index (κ2) is 5.80. The Morgan fingerprint density at radius 1 is 0.923 bits per heavy atom. The molecule has 2 aliphatic rings. The molecule has 0 unspecified atom stereocenters. The van der Waals surface area contributed by atoms with E-state index in [0.29, 0.717) is 11.5 Å². The van der Waals surface area contributed by atoms with E-state index in [9.17, 15) is 4.79 Å². The van der Waals surface area contributed by atoms with E-state index in [1.54, 1.807) is 0 Å². The standard InChI is InChI=1S/C21H20N4O/c26-20-18(15-9-3-1-4-10-15)24-25-19(22-20)16-11-5-6-12-17(16)23-21(25)13-7-2-8-14-21/h1,3-6,9-12,23H,2,7-8,13-14H2. The zero-order valence-corrected chi connectivity index (χ0v) is 14.5. The van der Waals surface area contributed by atoms with Gasteiger partial charge in [-0.3, -0.25) is 4.79 Å². The molecule has 0 bridgehead atoms. The Morgan fingerprint density at radius 2 is 1.65 bits per heavy atom. The van der Waals surface area contributed by atoms with Gasteiger partial charge in [-0.15, -0.1) is 0 Å². The summed E-state index contributed by atoms with van der Waals surface area (Å²) in [5, 5.41) is 8.56. The van der Waals surface area contributed by atoms with Crippen LogP contribution in [0.4, 0.5) is 5.69 Å². The van der Waals surface area contributed by atoms with Gasteiger partial charge in [-0.25, -0.2) is 4.68 Å². The van der Waals surface area contributed by atoms with Crippen molar-refractivity contribution in [3.8, 4) is 22.6 Å². The van der Waals surface area contributed by atoms with Gasteiger partial charge in [-0.05, 0) is 37.8 Å². The van der Waals surface area contributed by atoms with Crippen LogP contribution in [0.15, 0.2) is 59.4 Å². The minimum atomic E-state index is -0.299. The molecule has 5 nitrogen and oxygen atoms in total. The molecule has 26 heavy (non-hydrogen) atoms. The summed E-state index contributed by atoms with van der Waals surface area (Å²) < 4.78 is 1.98. The zero-order valence-electron chi connectivity index (χ0n) is 14.5. The number of aromatic nitrogens is 3. The summed E-state index contributed by atoms with van der Waals surface area (Å²) in [4.78, 5) is 17.3. The lowest BCUT2D eigenvalue weighted by Gasteiger charge is -2.44. The molecule has 1 saturated carbocycles. The highest BCUT2D eigenvalue weighted by Crippen LogP contribution is 2.43. The minimum Gasteiger partial charge on any atom is -0.361 e. The van der Waals surface area contributed by atoms with Crippen molar-refractivity contribution < 1.29 is 0 Å². The largest absolute Gasteiger partial charge is 0.361 e. The molecule has 1 aliphatic heterocycles. The Balaban J connectivity index is 1.78. The van der Waals surface area contributed by atoms with E-state index >= 15 is 0 Å². The minimum absolute atomic E-state index is 0.273. The molecule has 0 radical (unpaired) electrons. The fourth-order valence-corrected chi connectivity index (χ4v) is 4.20. The van der Waals surface area contributed by atoms with E-state index in [1.165, 1.54) is 6.42 Å². The molecule has 1 fully saturated rings. The Kier molecular flexibility index (Phi) is 3.42. The first kappa shape index (κ1) is 15.3. The Morgan fingerprint density at radius 3 is 2.46 bits per heavy atom. The molecule has 2 aromatic carbocycles. The molecule has 5 rings (SSSR count). The summed E-state index contributed by atoms with van der Waals surface area (Å²) in [7, 11) is 0. The first-order chi connectivity index (χ1) is 12.8. The fourth-order valence-electron chi connectivity index (χ4n) is 4.20. The molecular formula is C21H20N4O. The van der Waals surface area contributed by atoms with E-state index in [2.05, 4.69) is 16.4 Å². The topological polar surface area (TPSA) is 59.8 Å². The summed E-state index contributed by atoms with van der Waals surface area (Å²) in [6, 6.07) is 17.7. The van der Waals surface area contributed by atoms with Gasteiger partial charge in [0.25, 0.3) is 5.56 Å². The highest BCUT2D eigenvalue weighted by Gasteiger charge is 2.40. The second-order valence-electron chi connectivity index (χ2n) is 7.13. The Labute approximate surface area is 151 Å².